The molecule has 0 bridgehead atoms. The van der Waals surface area contributed by atoms with E-state index >= 15 is 0 Å². The standard InChI is InChI=1S/C61H64O11/c62-60-58(68-41-50-32-18-6-19-33-50)56(66-39-48-28-14-4-15-29-48)55(65-38-47-26-12-3-13-27-47)53(71-60)44-70-61-59(69-42-51-34-20-7-21-35-51)57(67-40-49-30-16-5-17-31-49)54(64-37-46-24-10-2-11-25-46)52(72-61)43-63-36-45-22-8-1-9-23-45/h1-35,52-62H,36-44H2. The van der Waals surface area contributed by atoms with Crippen molar-refractivity contribution in [3.05, 3.63) is 251 Å². The summed E-state index contributed by atoms with van der Waals surface area (Å²) in [7, 11) is 0. The lowest BCUT2D eigenvalue weighted by Crippen LogP contribution is -2.63. The minimum Gasteiger partial charge on any atom is -0.374 e. The Morgan fingerprint density at radius 1 is 0.278 bits per heavy atom. The van der Waals surface area contributed by atoms with Gasteiger partial charge in [0.15, 0.2) is 12.6 Å². The van der Waals surface area contributed by atoms with Gasteiger partial charge in [-0.1, -0.05) is 212 Å². The van der Waals surface area contributed by atoms with Gasteiger partial charge in [0.25, 0.3) is 0 Å². The summed E-state index contributed by atoms with van der Waals surface area (Å²) in [5.74, 6) is 0. The van der Waals surface area contributed by atoms with Crippen LogP contribution in [-0.2, 0) is 93.6 Å². The molecule has 2 fully saturated rings. The van der Waals surface area contributed by atoms with E-state index in [4.69, 9.17) is 47.4 Å². The maximum Gasteiger partial charge on any atom is 0.187 e. The first-order chi connectivity index (χ1) is 35.6. The van der Waals surface area contributed by atoms with Crippen LogP contribution in [0.4, 0.5) is 0 Å². The Morgan fingerprint density at radius 3 is 0.917 bits per heavy atom. The fourth-order valence-corrected chi connectivity index (χ4v) is 8.97. The first-order valence-corrected chi connectivity index (χ1v) is 24.8. The maximum atomic E-state index is 12.0. The molecule has 0 aromatic heterocycles. The van der Waals surface area contributed by atoms with E-state index in [0.29, 0.717) is 6.61 Å². The lowest BCUT2D eigenvalue weighted by molar-refractivity contribution is -0.349. The van der Waals surface area contributed by atoms with Crippen molar-refractivity contribution in [2.45, 2.75) is 108 Å². The number of rotatable bonds is 25. The number of ether oxygens (including phenoxy) is 10. The minimum absolute atomic E-state index is 0.0957. The molecule has 10 atom stereocenters. The van der Waals surface area contributed by atoms with Gasteiger partial charge in [0.2, 0.25) is 0 Å². The van der Waals surface area contributed by atoms with Gasteiger partial charge in [-0.25, -0.2) is 0 Å². The molecule has 10 unspecified atom stereocenters. The summed E-state index contributed by atoms with van der Waals surface area (Å²) in [5, 5.41) is 12.0. The van der Waals surface area contributed by atoms with Gasteiger partial charge in [-0.3, -0.25) is 0 Å². The smallest absolute Gasteiger partial charge is 0.187 e. The maximum absolute atomic E-state index is 12.0. The van der Waals surface area contributed by atoms with E-state index in [1.807, 2.05) is 212 Å². The largest absolute Gasteiger partial charge is 0.374 e. The second-order valence-corrected chi connectivity index (χ2v) is 18.0. The van der Waals surface area contributed by atoms with Crippen molar-refractivity contribution in [2.24, 2.45) is 0 Å². The third-order valence-corrected chi connectivity index (χ3v) is 12.7. The van der Waals surface area contributed by atoms with E-state index in [1.165, 1.54) is 0 Å². The van der Waals surface area contributed by atoms with Crippen LogP contribution in [0.3, 0.4) is 0 Å². The molecule has 7 aromatic carbocycles. The lowest BCUT2D eigenvalue weighted by Gasteiger charge is -2.47. The van der Waals surface area contributed by atoms with Gasteiger partial charge in [-0.15, -0.1) is 0 Å². The molecule has 2 aliphatic heterocycles. The molecule has 2 aliphatic rings. The second kappa shape index (κ2) is 27.2. The van der Waals surface area contributed by atoms with E-state index < -0.39 is 61.4 Å². The van der Waals surface area contributed by atoms with Crippen LogP contribution in [0, 0.1) is 0 Å². The van der Waals surface area contributed by atoms with Crippen LogP contribution in [0.5, 0.6) is 0 Å². The number of aliphatic hydroxyl groups excluding tert-OH is 1. The number of hydrogen-bond donors (Lipinski definition) is 1. The minimum atomic E-state index is -1.41. The van der Waals surface area contributed by atoms with E-state index in [0.717, 1.165) is 38.9 Å². The molecule has 2 saturated heterocycles. The van der Waals surface area contributed by atoms with E-state index in [2.05, 4.69) is 0 Å². The zero-order valence-corrected chi connectivity index (χ0v) is 40.4. The highest BCUT2D eigenvalue weighted by molar-refractivity contribution is 5.19. The average Bonchev–Trinajstić information content (AvgIpc) is 3.44. The van der Waals surface area contributed by atoms with Crippen LogP contribution in [-0.4, -0.2) is 79.7 Å². The van der Waals surface area contributed by atoms with Gasteiger partial charge in [0.05, 0.1) is 59.5 Å². The van der Waals surface area contributed by atoms with E-state index in [1.54, 1.807) is 0 Å². The van der Waals surface area contributed by atoms with Crippen molar-refractivity contribution in [1.29, 1.82) is 0 Å². The third-order valence-electron chi connectivity index (χ3n) is 12.7. The fraction of sp³-hybridized carbons (Fsp3) is 0.311. The van der Waals surface area contributed by atoms with E-state index in [9.17, 15) is 5.11 Å². The molecule has 374 valence electrons. The van der Waals surface area contributed by atoms with Gasteiger partial charge in [0, 0.05) is 0 Å². The molecule has 9 rings (SSSR count). The predicted molar refractivity (Wildman–Crippen MR) is 272 cm³/mol. The van der Waals surface area contributed by atoms with Crippen molar-refractivity contribution in [3.8, 4) is 0 Å². The molecule has 7 aromatic rings. The summed E-state index contributed by atoms with van der Waals surface area (Å²) in [6, 6.07) is 69.7. The Kier molecular flexibility index (Phi) is 19.3. The highest BCUT2D eigenvalue weighted by Gasteiger charge is 2.52. The Balaban J connectivity index is 1.04. The summed E-state index contributed by atoms with van der Waals surface area (Å²) >= 11 is 0. The SMILES string of the molecule is OC1OC(COC2OC(COCc3ccccc3)C(OCc3ccccc3)C(OCc3ccccc3)C2OCc2ccccc2)C(OCc2ccccc2)C(OCc2ccccc2)C1OCc1ccccc1. The molecule has 0 aliphatic carbocycles. The summed E-state index contributed by atoms with van der Waals surface area (Å²) in [6.07, 6.45) is -8.74. The Labute approximate surface area is 423 Å². The molecule has 1 N–H and O–H groups in total. The monoisotopic (exact) mass is 972 g/mol. The lowest BCUT2D eigenvalue weighted by atomic mass is 9.97. The average molecular weight is 973 g/mol. The molecule has 0 radical (unpaired) electrons. The van der Waals surface area contributed by atoms with Crippen LogP contribution in [0.15, 0.2) is 212 Å². The summed E-state index contributed by atoms with van der Waals surface area (Å²) in [5.41, 5.74) is 6.80. The highest BCUT2D eigenvalue weighted by Crippen LogP contribution is 2.34. The molecule has 2 heterocycles. The Hall–Kier alpha value is -5.90. The van der Waals surface area contributed by atoms with Crippen LogP contribution < -0.4 is 0 Å². The van der Waals surface area contributed by atoms with Gasteiger partial charge in [0.1, 0.15) is 48.8 Å². The van der Waals surface area contributed by atoms with Crippen molar-refractivity contribution in [2.75, 3.05) is 13.2 Å². The number of aliphatic hydroxyl groups is 1. The van der Waals surface area contributed by atoms with Crippen molar-refractivity contribution >= 4 is 0 Å². The summed E-state index contributed by atoms with van der Waals surface area (Å²) < 4.78 is 67.9. The quantitative estimate of drug-likeness (QED) is 0.0591. The van der Waals surface area contributed by atoms with Crippen molar-refractivity contribution in [1.82, 2.24) is 0 Å². The number of benzene rings is 7. The van der Waals surface area contributed by atoms with Crippen LogP contribution in [0.2, 0.25) is 0 Å². The zero-order chi connectivity index (χ0) is 49.0. The van der Waals surface area contributed by atoms with Crippen LogP contribution >= 0.6 is 0 Å². The third kappa shape index (κ3) is 14.8. The van der Waals surface area contributed by atoms with Gasteiger partial charge < -0.3 is 52.5 Å². The number of hydrogen-bond acceptors (Lipinski definition) is 11. The molecule has 0 saturated carbocycles. The van der Waals surface area contributed by atoms with Gasteiger partial charge in [-0.2, -0.15) is 0 Å². The summed E-state index contributed by atoms with van der Waals surface area (Å²) in [6.45, 7) is 1.89. The molecule has 0 amide bonds. The predicted octanol–water partition coefficient (Wildman–Crippen LogP) is 10.2. The van der Waals surface area contributed by atoms with E-state index in [-0.39, 0.29) is 52.9 Å². The second-order valence-electron chi connectivity index (χ2n) is 18.0. The van der Waals surface area contributed by atoms with Crippen LogP contribution in [0.25, 0.3) is 0 Å². The first-order valence-electron chi connectivity index (χ1n) is 24.8. The normalized spacial score (nSPS) is 24.2. The molecule has 11 heteroatoms. The highest BCUT2D eigenvalue weighted by atomic mass is 16.7. The Morgan fingerprint density at radius 2 is 0.556 bits per heavy atom. The zero-order valence-electron chi connectivity index (χ0n) is 40.4. The van der Waals surface area contributed by atoms with Crippen molar-refractivity contribution < 1.29 is 52.5 Å². The fourth-order valence-electron chi connectivity index (χ4n) is 8.97. The molecule has 0 spiro atoms. The topological polar surface area (TPSA) is 113 Å². The molecule has 11 nitrogen and oxygen atoms in total. The first kappa shape index (κ1) is 51.0. The Bertz CT molecular complexity index is 2550. The van der Waals surface area contributed by atoms with Crippen molar-refractivity contribution in [3.63, 3.8) is 0 Å². The molecular formula is C61H64O11. The van der Waals surface area contributed by atoms with Crippen LogP contribution in [0.1, 0.15) is 38.9 Å². The molecule has 72 heavy (non-hydrogen) atoms. The van der Waals surface area contributed by atoms with Gasteiger partial charge in [-0.05, 0) is 38.9 Å². The molecular weight excluding hydrogens is 909 g/mol. The van der Waals surface area contributed by atoms with Gasteiger partial charge >= 0.3 is 0 Å². The summed E-state index contributed by atoms with van der Waals surface area (Å²) in [4.78, 5) is 0.